The van der Waals surface area contributed by atoms with Crippen molar-refractivity contribution < 1.29 is 9.13 Å². The molecular weight excluding hydrogens is 239 g/mol. The maximum atomic E-state index is 12.5. The SMILES string of the molecule is C=C(C)OCCc1ccc(/C(C)=C/C(C)CF)cc1. The van der Waals surface area contributed by atoms with Crippen molar-refractivity contribution in [3.8, 4) is 0 Å². The monoisotopic (exact) mass is 262 g/mol. The standard InChI is InChI=1S/C17H23FO/c1-13(2)19-10-9-16-5-7-17(8-6-16)15(4)11-14(3)12-18/h5-8,11,14H,1,9-10,12H2,2-4H3/b15-11+. The molecule has 104 valence electrons. The highest BCUT2D eigenvalue weighted by Crippen LogP contribution is 2.17. The molecule has 0 saturated carbocycles. The van der Waals surface area contributed by atoms with Crippen molar-refractivity contribution in [1.29, 1.82) is 0 Å². The van der Waals surface area contributed by atoms with E-state index in [1.165, 1.54) is 5.56 Å². The average molecular weight is 262 g/mol. The third-order valence-corrected chi connectivity index (χ3v) is 2.93. The van der Waals surface area contributed by atoms with Crippen molar-refractivity contribution in [2.45, 2.75) is 27.2 Å². The summed E-state index contributed by atoms with van der Waals surface area (Å²) < 4.78 is 17.8. The Labute approximate surface area is 115 Å². The van der Waals surface area contributed by atoms with Gasteiger partial charge in [-0.1, -0.05) is 43.8 Å². The number of ether oxygens (including phenoxy) is 1. The summed E-state index contributed by atoms with van der Waals surface area (Å²) in [5, 5.41) is 0. The lowest BCUT2D eigenvalue weighted by atomic mass is 10.0. The van der Waals surface area contributed by atoms with E-state index >= 15 is 0 Å². The molecule has 0 fully saturated rings. The zero-order valence-electron chi connectivity index (χ0n) is 12.1. The molecule has 0 aliphatic heterocycles. The summed E-state index contributed by atoms with van der Waals surface area (Å²) in [6.07, 6.45) is 2.84. The number of hydrogen-bond donors (Lipinski definition) is 0. The molecule has 0 radical (unpaired) electrons. The molecule has 0 bridgehead atoms. The minimum atomic E-state index is -0.312. The topological polar surface area (TPSA) is 9.23 Å². The lowest BCUT2D eigenvalue weighted by Crippen LogP contribution is -1.97. The minimum absolute atomic E-state index is 0.0244. The molecule has 0 aromatic heterocycles. The molecule has 0 aliphatic carbocycles. The van der Waals surface area contributed by atoms with Crippen molar-refractivity contribution in [3.63, 3.8) is 0 Å². The Kier molecular flexibility index (Phi) is 6.34. The second kappa shape index (κ2) is 7.78. The first kappa shape index (κ1) is 15.5. The first-order valence-electron chi connectivity index (χ1n) is 6.65. The third kappa shape index (κ3) is 5.73. The van der Waals surface area contributed by atoms with Crippen LogP contribution in [0.3, 0.4) is 0 Å². The molecule has 1 atom stereocenters. The van der Waals surface area contributed by atoms with Crippen LogP contribution in [-0.2, 0) is 11.2 Å². The zero-order chi connectivity index (χ0) is 14.3. The van der Waals surface area contributed by atoms with Gasteiger partial charge >= 0.3 is 0 Å². The van der Waals surface area contributed by atoms with Gasteiger partial charge in [-0.25, -0.2) is 0 Å². The smallest absolute Gasteiger partial charge is 0.0954 e. The number of benzene rings is 1. The Hall–Kier alpha value is -1.57. The Bertz CT molecular complexity index is 431. The van der Waals surface area contributed by atoms with Gasteiger partial charge in [-0.3, -0.25) is 4.39 Å². The minimum Gasteiger partial charge on any atom is -0.499 e. The van der Waals surface area contributed by atoms with E-state index in [1.54, 1.807) is 0 Å². The molecule has 1 unspecified atom stereocenters. The Morgan fingerprint density at radius 1 is 1.32 bits per heavy atom. The highest BCUT2D eigenvalue weighted by Gasteiger charge is 2.01. The van der Waals surface area contributed by atoms with E-state index in [1.807, 2.05) is 26.8 Å². The maximum absolute atomic E-state index is 12.5. The molecule has 1 nitrogen and oxygen atoms in total. The van der Waals surface area contributed by atoms with E-state index in [9.17, 15) is 4.39 Å². The van der Waals surface area contributed by atoms with Crippen LogP contribution in [0.25, 0.3) is 5.57 Å². The average Bonchev–Trinajstić information content (AvgIpc) is 2.38. The number of hydrogen-bond acceptors (Lipinski definition) is 1. The number of rotatable bonds is 7. The third-order valence-electron chi connectivity index (χ3n) is 2.93. The Balaban J connectivity index is 2.60. The van der Waals surface area contributed by atoms with Gasteiger partial charge in [0.2, 0.25) is 0 Å². The maximum Gasteiger partial charge on any atom is 0.0954 e. The van der Waals surface area contributed by atoms with Gasteiger partial charge in [-0.05, 0) is 30.5 Å². The van der Waals surface area contributed by atoms with Crippen LogP contribution in [0.2, 0.25) is 0 Å². The van der Waals surface area contributed by atoms with E-state index in [2.05, 4.69) is 30.8 Å². The van der Waals surface area contributed by atoms with Crippen LogP contribution in [0.15, 0.2) is 42.7 Å². The summed E-state index contributed by atoms with van der Waals surface area (Å²) in [6, 6.07) is 8.34. The van der Waals surface area contributed by atoms with Gasteiger partial charge in [0.05, 0.1) is 19.0 Å². The van der Waals surface area contributed by atoms with Gasteiger partial charge in [-0.2, -0.15) is 0 Å². The van der Waals surface area contributed by atoms with Gasteiger partial charge in [0.15, 0.2) is 0 Å². The fraction of sp³-hybridized carbons (Fsp3) is 0.412. The summed E-state index contributed by atoms with van der Waals surface area (Å²) >= 11 is 0. The molecule has 19 heavy (non-hydrogen) atoms. The van der Waals surface area contributed by atoms with Crippen LogP contribution in [-0.4, -0.2) is 13.3 Å². The molecule has 0 saturated heterocycles. The number of alkyl halides is 1. The molecule has 1 rings (SSSR count). The van der Waals surface area contributed by atoms with E-state index in [0.29, 0.717) is 6.61 Å². The van der Waals surface area contributed by atoms with Crippen LogP contribution in [0.4, 0.5) is 4.39 Å². The van der Waals surface area contributed by atoms with E-state index in [0.717, 1.165) is 23.3 Å². The van der Waals surface area contributed by atoms with Crippen molar-refractivity contribution >= 4 is 5.57 Å². The van der Waals surface area contributed by atoms with Crippen molar-refractivity contribution in [2.75, 3.05) is 13.3 Å². The Morgan fingerprint density at radius 3 is 2.47 bits per heavy atom. The van der Waals surface area contributed by atoms with Gasteiger partial charge in [0.25, 0.3) is 0 Å². The van der Waals surface area contributed by atoms with Crippen LogP contribution in [0.5, 0.6) is 0 Å². The summed E-state index contributed by atoms with van der Waals surface area (Å²) in [5.74, 6) is 0.722. The van der Waals surface area contributed by atoms with Crippen molar-refractivity contribution in [1.82, 2.24) is 0 Å². The number of allylic oxidation sites excluding steroid dienone is 3. The van der Waals surface area contributed by atoms with E-state index < -0.39 is 0 Å². The molecule has 0 spiro atoms. The first-order chi connectivity index (χ1) is 9.02. The van der Waals surface area contributed by atoms with Gasteiger partial charge in [0.1, 0.15) is 0 Å². The molecule has 1 aromatic carbocycles. The predicted molar refractivity (Wildman–Crippen MR) is 79.7 cm³/mol. The highest BCUT2D eigenvalue weighted by molar-refractivity contribution is 5.64. The predicted octanol–water partition coefficient (Wildman–Crippen LogP) is 4.79. The van der Waals surface area contributed by atoms with Gasteiger partial charge in [-0.15, -0.1) is 0 Å². The molecule has 0 amide bonds. The Morgan fingerprint density at radius 2 is 1.95 bits per heavy atom. The van der Waals surface area contributed by atoms with Crippen LogP contribution < -0.4 is 0 Å². The summed E-state index contributed by atoms with van der Waals surface area (Å²) in [5.41, 5.74) is 3.50. The first-order valence-corrected chi connectivity index (χ1v) is 6.65. The van der Waals surface area contributed by atoms with Gasteiger partial charge in [0, 0.05) is 12.3 Å². The molecule has 2 heteroatoms. The zero-order valence-corrected chi connectivity index (χ0v) is 12.1. The van der Waals surface area contributed by atoms with Crippen molar-refractivity contribution in [3.05, 3.63) is 53.8 Å². The largest absolute Gasteiger partial charge is 0.499 e. The van der Waals surface area contributed by atoms with Crippen LogP contribution in [0.1, 0.15) is 31.9 Å². The van der Waals surface area contributed by atoms with Gasteiger partial charge < -0.3 is 4.74 Å². The molecule has 0 N–H and O–H groups in total. The van der Waals surface area contributed by atoms with Crippen molar-refractivity contribution in [2.24, 2.45) is 5.92 Å². The van der Waals surface area contributed by atoms with Crippen LogP contribution >= 0.6 is 0 Å². The quantitative estimate of drug-likeness (QED) is 0.642. The molecule has 1 aromatic rings. The summed E-state index contributed by atoms with van der Waals surface area (Å²) in [6.45, 7) is 9.79. The van der Waals surface area contributed by atoms with Crippen LogP contribution in [0, 0.1) is 5.92 Å². The summed E-state index contributed by atoms with van der Waals surface area (Å²) in [7, 11) is 0. The molecular formula is C17H23FO. The fourth-order valence-corrected chi connectivity index (χ4v) is 1.84. The lowest BCUT2D eigenvalue weighted by Gasteiger charge is -2.08. The fourth-order valence-electron chi connectivity index (χ4n) is 1.84. The normalized spacial score (nSPS) is 13.2. The second-order valence-electron chi connectivity index (χ2n) is 4.98. The summed E-state index contributed by atoms with van der Waals surface area (Å²) in [4.78, 5) is 0. The second-order valence-corrected chi connectivity index (χ2v) is 4.98. The van der Waals surface area contributed by atoms with E-state index in [-0.39, 0.29) is 12.6 Å². The molecule has 0 aliphatic rings. The molecule has 0 heterocycles. The number of halogens is 1. The highest BCUT2D eigenvalue weighted by atomic mass is 19.1. The lowest BCUT2D eigenvalue weighted by molar-refractivity contribution is 0.219. The van der Waals surface area contributed by atoms with E-state index in [4.69, 9.17) is 4.74 Å².